The second kappa shape index (κ2) is 7.36. The summed E-state index contributed by atoms with van der Waals surface area (Å²) in [6.45, 7) is 0.618. The molecule has 0 spiro atoms. The predicted molar refractivity (Wildman–Crippen MR) is 113 cm³/mol. The largest absolute Gasteiger partial charge is 0.361 e. The van der Waals surface area contributed by atoms with Crippen molar-refractivity contribution in [3.63, 3.8) is 0 Å². The van der Waals surface area contributed by atoms with Crippen LogP contribution in [-0.2, 0) is 16.0 Å². The van der Waals surface area contributed by atoms with Gasteiger partial charge in [0.05, 0.1) is 5.41 Å². The average Bonchev–Trinajstić information content (AvgIpc) is 3.48. The van der Waals surface area contributed by atoms with E-state index >= 15 is 0 Å². The Morgan fingerprint density at radius 3 is 2.90 bits per heavy atom. The van der Waals surface area contributed by atoms with Crippen LogP contribution in [0.15, 0.2) is 42.2 Å². The summed E-state index contributed by atoms with van der Waals surface area (Å²) in [6, 6.07) is 8.56. The maximum absolute atomic E-state index is 13.4. The highest BCUT2D eigenvalue weighted by Crippen LogP contribution is 2.50. The fourth-order valence-corrected chi connectivity index (χ4v) is 5.66. The maximum atomic E-state index is 13.4. The number of nitrogens with one attached hydrogen (secondary N) is 2. The van der Waals surface area contributed by atoms with Gasteiger partial charge in [-0.25, -0.2) is 0 Å². The minimum atomic E-state index is -0.503. The van der Waals surface area contributed by atoms with Gasteiger partial charge in [0.1, 0.15) is 0 Å². The van der Waals surface area contributed by atoms with Gasteiger partial charge in [-0.3, -0.25) is 9.59 Å². The van der Waals surface area contributed by atoms with Crippen molar-refractivity contribution in [3.05, 3.63) is 47.8 Å². The van der Waals surface area contributed by atoms with E-state index in [2.05, 4.69) is 28.5 Å². The number of nitrogens with zero attached hydrogens (tertiary/aromatic N) is 1. The first kappa shape index (κ1) is 18.5. The molecular weight excluding hydrogens is 362 g/mol. The van der Waals surface area contributed by atoms with Crippen LogP contribution < -0.4 is 5.32 Å². The van der Waals surface area contributed by atoms with Gasteiger partial charge in [-0.2, -0.15) is 0 Å². The molecule has 1 saturated carbocycles. The van der Waals surface area contributed by atoms with E-state index in [9.17, 15) is 9.59 Å². The smallest absolute Gasteiger partial charge is 0.232 e. The number of para-hydroxylation sites is 1. The molecular formula is C24H29N3O2. The SMILES string of the molecule is O=C1CCC2(C(=O)NCCc3c[nH]c4ccccc34)CCC=C2N1C1CCCC1. The molecule has 1 aliphatic heterocycles. The monoisotopic (exact) mass is 391 g/mol. The second-order valence-electron chi connectivity index (χ2n) is 8.78. The first-order valence-electron chi connectivity index (χ1n) is 11.0. The van der Waals surface area contributed by atoms with Crippen molar-refractivity contribution in [1.82, 2.24) is 15.2 Å². The molecule has 0 radical (unpaired) electrons. The first-order valence-corrected chi connectivity index (χ1v) is 11.0. The van der Waals surface area contributed by atoms with Gasteiger partial charge in [0.25, 0.3) is 0 Å². The van der Waals surface area contributed by atoms with Crippen LogP contribution in [0.3, 0.4) is 0 Å². The minimum Gasteiger partial charge on any atom is -0.361 e. The molecule has 2 heterocycles. The van der Waals surface area contributed by atoms with Gasteiger partial charge in [0, 0.05) is 41.8 Å². The van der Waals surface area contributed by atoms with Crippen molar-refractivity contribution < 1.29 is 9.59 Å². The first-order chi connectivity index (χ1) is 14.2. The predicted octanol–water partition coefficient (Wildman–Crippen LogP) is 4.06. The highest BCUT2D eigenvalue weighted by molar-refractivity contribution is 5.92. The van der Waals surface area contributed by atoms with E-state index in [1.165, 1.54) is 23.8 Å². The van der Waals surface area contributed by atoms with Crippen molar-refractivity contribution >= 4 is 22.7 Å². The Morgan fingerprint density at radius 1 is 1.21 bits per heavy atom. The summed E-state index contributed by atoms with van der Waals surface area (Å²) in [7, 11) is 0. The Bertz CT molecular complexity index is 969. The van der Waals surface area contributed by atoms with Gasteiger partial charge < -0.3 is 15.2 Å². The quantitative estimate of drug-likeness (QED) is 0.807. The Balaban J connectivity index is 1.29. The summed E-state index contributed by atoms with van der Waals surface area (Å²) in [5.41, 5.74) is 2.86. The van der Waals surface area contributed by atoms with Crippen LogP contribution in [0.1, 0.15) is 56.9 Å². The number of hydrogen-bond donors (Lipinski definition) is 2. The van der Waals surface area contributed by atoms with Gasteiger partial charge in [-0.15, -0.1) is 0 Å². The number of carbonyl (C=O) groups is 2. The van der Waals surface area contributed by atoms with E-state index in [4.69, 9.17) is 0 Å². The van der Waals surface area contributed by atoms with Gasteiger partial charge in [0.15, 0.2) is 0 Å². The Labute approximate surface area is 171 Å². The molecule has 1 saturated heterocycles. The van der Waals surface area contributed by atoms with Crippen LogP contribution in [0.4, 0.5) is 0 Å². The number of piperidine rings is 1. The molecule has 2 N–H and O–H groups in total. The molecule has 2 fully saturated rings. The molecule has 152 valence electrons. The number of H-pyrrole nitrogens is 1. The van der Waals surface area contributed by atoms with Crippen LogP contribution in [-0.4, -0.2) is 34.3 Å². The summed E-state index contributed by atoms with van der Waals surface area (Å²) in [5.74, 6) is 0.323. The molecule has 1 unspecified atom stereocenters. The van der Waals surface area contributed by atoms with E-state index < -0.39 is 5.41 Å². The number of likely N-dealkylation sites (tertiary alicyclic amines) is 1. The Kier molecular flexibility index (Phi) is 4.69. The second-order valence-corrected chi connectivity index (χ2v) is 8.78. The van der Waals surface area contributed by atoms with Crippen molar-refractivity contribution in [3.8, 4) is 0 Å². The number of hydrogen-bond acceptors (Lipinski definition) is 2. The lowest BCUT2D eigenvalue weighted by atomic mass is 9.75. The fraction of sp³-hybridized carbons (Fsp3) is 0.500. The average molecular weight is 392 g/mol. The third kappa shape index (κ3) is 3.07. The zero-order chi connectivity index (χ0) is 19.8. The summed E-state index contributed by atoms with van der Waals surface area (Å²) >= 11 is 0. The summed E-state index contributed by atoms with van der Waals surface area (Å²) in [5, 5.41) is 4.43. The summed E-state index contributed by atoms with van der Waals surface area (Å²) < 4.78 is 0. The molecule has 5 rings (SSSR count). The lowest BCUT2D eigenvalue weighted by molar-refractivity contribution is -0.141. The molecule has 1 atom stereocenters. The summed E-state index contributed by atoms with van der Waals surface area (Å²) in [6.07, 6.45) is 12.4. The van der Waals surface area contributed by atoms with Crippen LogP contribution in [0.5, 0.6) is 0 Å². The van der Waals surface area contributed by atoms with Gasteiger partial charge in [-0.05, 0) is 50.2 Å². The topological polar surface area (TPSA) is 65.2 Å². The third-order valence-corrected chi connectivity index (χ3v) is 7.17. The van der Waals surface area contributed by atoms with Gasteiger partial charge in [-0.1, -0.05) is 37.1 Å². The van der Waals surface area contributed by atoms with E-state index in [0.717, 1.165) is 43.3 Å². The number of allylic oxidation sites excluding steroid dienone is 1. The minimum absolute atomic E-state index is 0.108. The number of benzene rings is 1. The van der Waals surface area contributed by atoms with E-state index in [1.54, 1.807) is 0 Å². The third-order valence-electron chi connectivity index (χ3n) is 7.17. The number of rotatable bonds is 5. The molecule has 5 heteroatoms. The van der Waals surface area contributed by atoms with E-state index in [0.29, 0.717) is 25.4 Å². The van der Waals surface area contributed by atoms with E-state index in [-0.39, 0.29) is 11.8 Å². The zero-order valence-electron chi connectivity index (χ0n) is 16.9. The van der Waals surface area contributed by atoms with Gasteiger partial charge in [0.2, 0.25) is 11.8 Å². The highest BCUT2D eigenvalue weighted by Gasteiger charge is 2.52. The van der Waals surface area contributed by atoms with Crippen molar-refractivity contribution in [2.24, 2.45) is 5.41 Å². The Hall–Kier alpha value is -2.56. The fourth-order valence-electron chi connectivity index (χ4n) is 5.66. The highest BCUT2D eigenvalue weighted by atomic mass is 16.2. The van der Waals surface area contributed by atoms with Crippen LogP contribution in [0.25, 0.3) is 10.9 Å². The Morgan fingerprint density at radius 2 is 2.03 bits per heavy atom. The van der Waals surface area contributed by atoms with Crippen LogP contribution >= 0.6 is 0 Å². The molecule has 3 aliphatic rings. The number of amides is 2. The standard InChI is InChI=1S/C24H29N3O2/c28-22-11-14-24(13-5-10-21(24)27(22)18-6-1-2-7-18)23(29)25-15-12-17-16-26-20-9-4-3-8-19(17)20/h3-4,8-10,16,18,26H,1-2,5-7,11-15H2,(H,25,29). The van der Waals surface area contributed by atoms with Crippen molar-refractivity contribution in [2.75, 3.05) is 6.54 Å². The number of aromatic nitrogens is 1. The molecule has 2 amide bonds. The van der Waals surface area contributed by atoms with E-state index in [1.807, 2.05) is 23.2 Å². The summed E-state index contributed by atoms with van der Waals surface area (Å²) in [4.78, 5) is 31.4. The molecule has 1 aromatic heterocycles. The van der Waals surface area contributed by atoms with Gasteiger partial charge >= 0.3 is 0 Å². The maximum Gasteiger partial charge on any atom is 0.232 e. The number of aromatic amines is 1. The molecule has 0 bridgehead atoms. The number of carbonyl (C=O) groups excluding carboxylic acids is 2. The van der Waals surface area contributed by atoms with Crippen molar-refractivity contribution in [1.29, 1.82) is 0 Å². The number of fused-ring (bicyclic) bond motifs is 2. The van der Waals surface area contributed by atoms with Crippen LogP contribution in [0, 0.1) is 5.41 Å². The normalized spacial score (nSPS) is 24.8. The lowest BCUT2D eigenvalue weighted by Gasteiger charge is -2.44. The van der Waals surface area contributed by atoms with Crippen LogP contribution in [0.2, 0.25) is 0 Å². The van der Waals surface area contributed by atoms with Crippen molar-refractivity contribution in [2.45, 2.75) is 63.8 Å². The molecule has 2 aromatic rings. The lowest BCUT2D eigenvalue weighted by Crippen LogP contribution is -2.53. The molecule has 29 heavy (non-hydrogen) atoms. The molecule has 5 nitrogen and oxygen atoms in total. The molecule has 1 aromatic carbocycles. The zero-order valence-corrected chi connectivity index (χ0v) is 16.9. The molecule has 2 aliphatic carbocycles.